The number of rotatable bonds is 7. The minimum atomic E-state index is -2.84. The first-order valence-electron chi connectivity index (χ1n) is 8.68. The maximum absolute atomic E-state index is 13.2. The molecule has 1 fully saturated rings. The van der Waals surface area contributed by atoms with Gasteiger partial charge in [0.15, 0.2) is 15.8 Å². The van der Waals surface area contributed by atoms with Gasteiger partial charge in [0, 0.05) is 32.7 Å². The molecule has 140 valence electrons. The van der Waals surface area contributed by atoms with E-state index in [1.807, 2.05) is 13.0 Å². The summed E-state index contributed by atoms with van der Waals surface area (Å²) < 4.78 is 36.0. The van der Waals surface area contributed by atoms with Crippen molar-refractivity contribution in [3.8, 4) is 0 Å². The van der Waals surface area contributed by atoms with Gasteiger partial charge in [-0.15, -0.1) is 0 Å². The van der Waals surface area contributed by atoms with Gasteiger partial charge in [-0.05, 0) is 31.0 Å². The Kier molecular flexibility index (Phi) is 7.64. The Balaban J connectivity index is 1.74. The lowest BCUT2D eigenvalue weighted by Crippen LogP contribution is -2.42. The van der Waals surface area contributed by atoms with Crippen molar-refractivity contribution in [3.63, 3.8) is 0 Å². The molecule has 0 unspecified atom stereocenters. The lowest BCUT2D eigenvalue weighted by molar-refractivity contribution is 0.304. The van der Waals surface area contributed by atoms with Gasteiger partial charge in [0.05, 0.1) is 18.1 Å². The molecule has 2 rings (SSSR count). The molecule has 6 nitrogen and oxygen atoms in total. The molecule has 1 heterocycles. The van der Waals surface area contributed by atoms with Crippen LogP contribution >= 0.6 is 0 Å². The third kappa shape index (κ3) is 7.39. The molecule has 8 heteroatoms. The predicted octanol–water partition coefficient (Wildman–Crippen LogP) is 0.654. The lowest BCUT2D eigenvalue weighted by atomic mass is 10.1. The second kappa shape index (κ2) is 9.72. The predicted molar refractivity (Wildman–Crippen MR) is 99.2 cm³/mol. The van der Waals surface area contributed by atoms with Crippen molar-refractivity contribution >= 4 is 15.8 Å². The third-order valence-electron chi connectivity index (χ3n) is 4.06. The molecule has 1 aliphatic heterocycles. The van der Waals surface area contributed by atoms with Gasteiger partial charge in [-0.2, -0.15) is 0 Å². The van der Waals surface area contributed by atoms with E-state index in [9.17, 15) is 12.8 Å². The average molecular weight is 370 g/mol. The normalized spacial score (nSPS) is 18.1. The van der Waals surface area contributed by atoms with Gasteiger partial charge in [-0.25, -0.2) is 12.8 Å². The van der Waals surface area contributed by atoms with Crippen LogP contribution in [0.3, 0.4) is 0 Å². The fourth-order valence-electron chi connectivity index (χ4n) is 2.64. The van der Waals surface area contributed by atoms with Crippen LogP contribution in [-0.2, 0) is 16.3 Å². The highest BCUT2D eigenvalue weighted by Crippen LogP contribution is 2.04. The van der Waals surface area contributed by atoms with Crippen LogP contribution in [0.25, 0.3) is 0 Å². The zero-order valence-electron chi connectivity index (χ0n) is 14.7. The molecule has 2 N–H and O–H groups in total. The van der Waals surface area contributed by atoms with E-state index in [-0.39, 0.29) is 17.3 Å². The van der Waals surface area contributed by atoms with Gasteiger partial charge in [-0.3, -0.25) is 9.89 Å². The number of nitrogens with one attached hydrogen (secondary N) is 2. The maximum atomic E-state index is 13.2. The van der Waals surface area contributed by atoms with Crippen molar-refractivity contribution in [2.75, 3.05) is 50.8 Å². The second-order valence-corrected chi connectivity index (χ2v) is 8.36. The Labute approximate surface area is 149 Å². The Morgan fingerprint density at radius 2 is 2.04 bits per heavy atom. The molecule has 0 bridgehead atoms. The van der Waals surface area contributed by atoms with E-state index < -0.39 is 9.84 Å². The van der Waals surface area contributed by atoms with Crippen LogP contribution in [0, 0.1) is 5.82 Å². The standard InChI is InChI=1S/C17H27FN4O2S/c1-2-19-17(20-7-6-15-4-3-5-16(18)14-15)21-8-9-22-10-12-25(23,24)13-11-22/h3-5,14H,2,6-13H2,1H3,(H2,19,20,21). The van der Waals surface area contributed by atoms with Gasteiger partial charge in [0.1, 0.15) is 5.82 Å². The summed E-state index contributed by atoms with van der Waals surface area (Å²) in [5, 5.41) is 6.42. The van der Waals surface area contributed by atoms with Crippen LogP contribution < -0.4 is 10.6 Å². The van der Waals surface area contributed by atoms with E-state index >= 15 is 0 Å². The lowest BCUT2D eigenvalue weighted by Gasteiger charge is -2.25. The first-order valence-corrected chi connectivity index (χ1v) is 10.5. The number of hydrogen-bond donors (Lipinski definition) is 2. The molecule has 0 atom stereocenters. The summed E-state index contributed by atoms with van der Waals surface area (Å²) in [6.45, 7) is 5.94. The van der Waals surface area contributed by atoms with Crippen LogP contribution in [-0.4, -0.2) is 70.1 Å². The topological polar surface area (TPSA) is 73.8 Å². The number of guanidine groups is 1. The second-order valence-electron chi connectivity index (χ2n) is 6.06. The zero-order chi connectivity index (χ0) is 18.1. The molecular formula is C17H27FN4O2S. The molecule has 1 aliphatic rings. The monoisotopic (exact) mass is 370 g/mol. The number of halogens is 1. The van der Waals surface area contributed by atoms with Gasteiger partial charge < -0.3 is 10.6 Å². The summed E-state index contributed by atoms with van der Waals surface area (Å²) in [6.07, 6.45) is 0.714. The van der Waals surface area contributed by atoms with Crippen LogP contribution in [0.5, 0.6) is 0 Å². The fraction of sp³-hybridized carbons (Fsp3) is 0.588. The van der Waals surface area contributed by atoms with E-state index in [0.29, 0.717) is 32.6 Å². The van der Waals surface area contributed by atoms with Gasteiger partial charge in [-0.1, -0.05) is 12.1 Å². The third-order valence-corrected chi connectivity index (χ3v) is 5.67. The number of aliphatic imine (C=N–C) groups is 1. The molecular weight excluding hydrogens is 343 g/mol. The van der Waals surface area contributed by atoms with E-state index in [2.05, 4.69) is 20.5 Å². The zero-order valence-corrected chi connectivity index (χ0v) is 15.5. The summed E-state index contributed by atoms with van der Waals surface area (Å²) in [5.74, 6) is 0.982. The van der Waals surface area contributed by atoms with Gasteiger partial charge >= 0.3 is 0 Å². The summed E-state index contributed by atoms with van der Waals surface area (Å²) >= 11 is 0. The minimum Gasteiger partial charge on any atom is -0.357 e. The quantitative estimate of drug-likeness (QED) is 0.545. The summed E-state index contributed by atoms with van der Waals surface area (Å²) in [6, 6.07) is 6.59. The molecule has 1 aromatic rings. The molecule has 0 aliphatic carbocycles. The number of sulfone groups is 1. The van der Waals surface area contributed by atoms with Gasteiger partial charge in [0.25, 0.3) is 0 Å². The Bertz CT molecular complexity index is 665. The Hall–Kier alpha value is -1.67. The number of hydrogen-bond acceptors (Lipinski definition) is 4. The highest BCUT2D eigenvalue weighted by molar-refractivity contribution is 7.91. The highest BCUT2D eigenvalue weighted by atomic mass is 32.2. The van der Waals surface area contributed by atoms with E-state index in [1.54, 1.807) is 6.07 Å². The highest BCUT2D eigenvalue weighted by Gasteiger charge is 2.20. The summed E-state index contributed by atoms with van der Waals surface area (Å²) in [5.41, 5.74) is 0.942. The van der Waals surface area contributed by atoms with Crippen LogP contribution in [0.1, 0.15) is 12.5 Å². The van der Waals surface area contributed by atoms with Gasteiger partial charge in [0.2, 0.25) is 0 Å². The largest absolute Gasteiger partial charge is 0.357 e. The van der Waals surface area contributed by atoms with Crippen LogP contribution in [0.4, 0.5) is 4.39 Å². The number of benzene rings is 1. The van der Waals surface area contributed by atoms with E-state index in [1.165, 1.54) is 12.1 Å². The van der Waals surface area contributed by atoms with Crippen molar-refractivity contribution in [2.24, 2.45) is 4.99 Å². The van der Waals surface area contributed by atoms with E-state index in [4.69, 9.17) is 0 Å². The Morgan fingerprint density at radius 3 is 2.72 bits per heavy atom. The van der Waals surface area contributed by atoms with Crippen LogP contribution in [0.2, 0.25) is 0 Å². The van der Waals surface area contributed by atoms with Crippen molar-refractivity contribution < 1.29 is 12.8 Å². The fourth-order valence-corrected chi connectivity index (χ4v) is 3.91. The molecule has 0 amide bonds. The smallest absolute Gasteiger partial charge is 0.191 e. The van der Waals surface area contributed by atoms with E-state index in [0.717, 1.165) is 24.6 Å². The first kappa shape index (κ1) is 19.7. The summed E-state index contributed by atoms with van der Waals surface area (Å²) in [4.78, 5) is 6.65. The average Bonchev–Trinajstić information content (AvgIpc) is 2.56. The van der Waals surface area contributed by atoms with Crippen molar-refractivity contribution in [3.05, 3.63) is 35.6 Å². The van der Waals surface area contributed by atoms with Crippen molar-refractivity contribution in [1.29, 1.82) is 0 Å². The first-order chi connectivity index (χ1) is 12.0. The molecule has 0 radical (unpaired) electrons. The molecule has 25 heavy (non-hydrogen) atoms. The molecule has 0 aromatic heterocycles. The molecule has 1 aromatic carbocycles. The molecule has 1 saturated heterocycles. The van der Waals surface area contributed by atoms with Crippen molar-refractivity contribution in [2.45, 2.75) is 13.3 Å². The maximum Gasteiger partial charge on any atom is 0.191 e. The van der Waals surface area contributed by atoms with Crippen molar-refractivity contribution in [1.82, 2.24) is 15.5 Å². The SMILES string of the molecule is CCNC(=NCCN1CCS(=O)(=O)CC1)NCCc1cccc(F)c1. The molecule has 0 saturated carbocycles. The van der Waals surface area contributed by atoms with Crippen LogP contribution in [0.15, 0.2) is 29.3 Å². The summed E-state index contributed by atoms with van der Waals surface area (Å²) in [7, 11) is -2.84. The number of nitrogens with zero attached hydrogens (tertiary/aromatic N) is 2. The Morgan fingerprint density at radius 1 is 1.28 bits per heavy atom. The molecule has 0 spiro atoms. The minimum absolute atomic E-state index is 0.221.